The van der Waals surface area contributed by atoms with Crippen molar-refractivity contribution in [3.63, 3.8) is 0 Å². The summed E-state index contributed by atoms with van der Waals surface area (Å²) >= 11 is 0. The van der Waals surface area contributed by atoms with E-state index in [1.807, 2.05) is 6.07 Å². The zero-order valence-electron chi connectivity index (χ0n) is 15.0. The first-order valence-corrected chi connectivity index (χ1v) is 9.35. The predicted molar refractivity (Wildman–Crippen MR) is 97.4 cm³/mol. The van der Waals surface area contributed by atoms with E-state index < -0.39 is 0 Å². The number of nitrogens with zero attached hydrogens (tertiary/aromatic N) is 4. The maximum Gasteiger partial charge on any atom is 0.134 e. The van der Waals surface area contributed by atoms with Crippen molar-refractivity contribution < 1.29 is 5.11 Å². The van der Waals surface area contributed by atoms with Crippen LogP contribution in [0, 0.1) is 5.92 Å². The summed E-state index contributed by atoms with van der Waals surface area (Å²) in [5, 5.41) is 13.0. The minimum absolute atomic E-state index is 0.193. The van der Waals surface area contributed by atoms with Gasteiger partial charge in [0, 0.05) is 31.7 Å². The predicted octanol–water partition coefficient (Wildman–Crippen LogP) is 1.97. The molecule has 0 aromatic carbocycles. The summed E-state index contributed by atoms with van der Waals surface area (Å²) in [5.74, 6) is 2.52. The lowest BCUT2D eigenvalue weighted by Gasteiger charge is -2.27. The number of aliphatic hydroxyl groups is 1. The lowest BCUT2D eigenvalue weighted by molar-refractivity contribution is 0.234. The van der Waals surface area contributed by atoms with Crippen molar-refractivity contribution in [1.82, 2.24) is 14.9 Å². The Morgan fingerprint density at radius 1 is 1.21 bits per heavy atom. The largest absolute Gasteiger partial charge is 0.394 e. The van der Waals surface area contributed by atoms with Gasteiger partial charge < -0.3 is 15.3 Å². The molecule has 2 aliphatic rings. The van der Waals surface area contributed by atoms with Crippen LogP contribution in [-0.4, -0.2) is 64.8 Å². The molecule has 0 aliphatic carbocycles. The Labute approximate surface area is 145 Å². The second-order valence-electron chi connectivity index (χ2n) is 7.50. The molecule has 2 aliphatic heterocycles. The number of nitrogens with one attached hydrogen (secondary N) is 1. The van der Waals surface area contributed by atoms with Crippen LogP contribution in [0.3, 0.4) is 0 Å². The second-order valence-corrected chi connectivity index (χ2v) is 7.50. The standard InChI is InChI=1S/C18H31N5O/c1-14(2)11-22-7-3-5-15(22)10-19-17-9-18(21-13-20-17)23-8-4-6-16(23)12-24/h9,13-16,24H,3-8,10-12H2,1-2H3,(H,19,20,21)/t15-,16?/m1/s1. The van der Waals surface area contributed by atoms with Crippen molar-refractivity contribution in [2.24, 2.45) is 5.92 Å². The van der Waals surface area contributed by atoms with Gasteiger partial charge in [-0.1, -0.05) is 13.8 Å². The third-order valence-electron chi connectivity index (χ3n) is 5.15. The van der Waals surface area contributed by atoms with Crippen LogP contribution in [0.5, 0.6) is 0 Å². The normalized spacial score (nSPS) is 24.9. The topological polar surface area (TPSA) is 64.5 Å². The molecule has 0 amide bonds. The first kappa shape index (κ1) is 17.4. The molecule has 1 aromatic heterocycles. The van der Waals surface area contributed by atoms with Crippen LogP contribution in [0.4, 0.5) is 11.6 Å². The number of rotatable bonds is 7. The average molecular weight is 333 g/mol. The highest BCUT2D eigenvalue weighted by molar-refractivity contribution is 5.50. The molecule has 6 heteroatoms. The summed E-state index contributed by atoms with van der Waals surface area (Å²) in [6.45, 7) is 9.05. The van der Waals surface area contributed by atoms with Crippen molar-refractivity contribution >= 4 is 11.6 Å². The van der Waals surface area contributed by atoms with E-state index in [2.05, 4.69) is 38.9 Å². The van der Waals surface area contributed by atoms with Crippen molar-refractivity contribution in [3.8, 4) is 0 Å². The van der Waals surface area contributed by atoms with E-state index in [1.54, 1.807) is 6.33 Å². The number of aromatic nitrogens is 2. The zero-order valence-corrected chi connectivity index (χ0v) is 15.0. The number of hydrogen-bond donors (Lipinski definition) is 2. The average Bonchev–Trinajstić information content (AvgIpc) is 3.21. The van der Waals surface area contributed by atoms with Crippen LogP contribution in [-0.2, 0) is 0 Å². The van der Waals surface area contributed by atoms with Gasteiger partial charge in [0.15, 0.2) is 0 Å². The Morgan fingerprint density at radius 3 is 2.79 bits per heavy atom. The SMILES string of the molecule is CC(C)CN1CCC[C@@H]1CNc1cc(N2CCCC2CO)ncn1. The molecule has 0 bridgehead atoms. The highest BCUT2D eigenvalue weighted by atomic mass is 16.3. The molecule has 0 saturated carbocycles. The fourth-order valence-electron chi connectivity index (χ4n) is 3.99. The van der Waals surface area contributed by atoms with Gasteiger partial charge in [-0.2, -0.15) is 0 Å². The number of anilines is 2. The molecule has 6 nitrogen and oxygen atoms in total. The van der Waals surface area contributed by atoms with Crippen LogP contribution >= 0.6 is 0 Å². The smallest absolute Gasteiger partial charge is 0.134 e. The first-order valence-electron chi connectivity index (χ1n) is 9.35. The van der Waals surface area contributed by atoms with E-state index >= 15 is 0 Å². The summed E-state index contributed by atoms with van der Waals surface area (Å²) in [4.78, 5) is 13.6. The Bertz CT molecular complexity index is 524. The molecule has 24 heavy (non-hydrogen) atoms. The molecule has 1 aromatic rings. The molecule has 0 spiro atoms. The van der Waals surface area contributed by atoms with Gasteiger partial charge in [0.1, 0.15) is 18.0 Å². The maximum absolute atomic E-state index is 9.51. The van der Waals surface area contributed by atoms with E-state index in [1.165, 1.54) is 25.9 Å². The van der Waals surface area contributed by atoms with E-state index in [4.69, 9.17) is 0 Å². The molecular weight excluding hydrogens is 302 g/mol. The first-order chi connectivity index (χ1) is 11.7. The Kier molecular flexibility index (Phi) is 5.89. The van der Waals surface area contributed by atoms with Crippen LogP contribution in [0.15, 0.2) is 12.4 Å². The molecule has 1 unspecified atom stereocenters. The van der Waals surface area contributed by atoms with Gasteiger partial charge in [-0.3, -0.25) is 4.90 Å². The maximum atomic E-state index is 9.51. The summed E-state index contributed by atoms with van der Waals surface area (Å²) in [7, 11) is 0. The van der Waals surface area contributed by atoms with Crippen molar-refractivity contribution in [3.05, 3.63) is 12.4 Å². The zero-order chi connectivity index (χ0) is 16.9. The molecule has 3 rings (SSSR count). The number of hydrogen-bond acceptors (Lipinski definition) is 6. The summed E-state index contributed by atoms with van der Waals surface area (Å²) < 4.78 is 0. The third kappa shape index (κ3) is 4.16. The van der Waals surface area contributed by atoms with Crippen molar-refractivity contribution in [2.75, 3.05) is 43.0 Å². The fraction of sp³-hybridized carbons (Fsp3) is 0.778. The highest BCUT2D eigenvalue weighted by Gasteiger charge is 2.26. The van der Waals surface area contributed by atoms with Crippen molar-refractivity contribution in [2.45, 2.75) is 51.6 Å². The van der Waals surface area contributed by atoms with E-state index in [9.17, 15) is 5.11 Å². The van der Waals surface area contributed by atoms with Gasteiger partial charge in [0.25, 0.3) is 0 Å². The second kappa shape index (κ2) is 8.12. The van der Waals surface area contributed by atoms with Crippen LogP contribution < -0.4 is 10.2 Å². The van der Waals surface area contributed by atoms with E-state index in [-0.39, 0.29) is 12.6 Å². The lowest BCUT2D eigenvalue weighted by Crippen LogP contribution is -2.37. The Hall–Kier alpha value is -1.40. The van der Waals surface area contributed by atoms with Crippen LogP contribution in [0.1, 0.15) is 39.5 Å². The Morgan fingerprint density at radius 2 is 2.00 bits per heavy atom. The molecule has 2 atom stereocenters. The molecule has 3 heterocycles. The quantitative estimate of drug-likeness (QED) is 0.795. The summed E-state index contributed by atoms with van der Waals surface area (Å²) in [6.07, 6.45) is 6.33. The highest BCUT2D eigenvalue weighted by Crippen LogP contribution is 2.25. The van der Waals surface area contributed by atoms with Gasteiger partial charge in [0.05, 0.1) is 12.6 Å². The molecule has 134 valence electrons. The third-order valence-corrected chi connectivity index (χ3v) is 5.15. The molecule has 0 radical (unpaired) electrons. The summed E-state index contributed by atoms with van der Waals surface area (Å²) in [6, 6.07) is 2.82. The van der Waals surface area contributed by atoms with Gasteiger partial charge in [-0.25, -0.2) is 9.97 Å². The van der Waals surface area contributed by atoms with Gasteiger partial charge in [0.2, 0.25) is 0 Å². The van der Waals surface area contributed by atoms with Crippen molar-refractivity contribution in [1.29, 1.82) is 0 Å². The molecule has 2 fully saturated rings. The van der Waals surface area contributed by atoms with Crippen LogP contribution in [0.2, 0.25) is 0 Å². The number of aliphatic hydroxyl groups excluding tert-OH is 1. The van der Waals surface area contributed by atoms with Gasteiger partial charge in [-0.05, 0) is 38.1 Å². The van der Waals surface area contributed by atoms with E-state index in [0.29, 0.717) is 12.0 Å². The molecular formula is C18H31N5O. The number of likely N-dealkylation sites (tertiary alicyclic amines) is 1. The lowest BCUT2D eigenvalue weighted by atomic mass is 10.1. The minimum atomic E-state index is 0.193. The monoisotopic (exact) mass is 333 g/mol. The van der Waals surface area contributed by atoms with E-state index in [0.717, 1.165) is 37.6 Å². The van der Waals surface area contributed by atoms with Gasteiger partial charge >= 0.3 is 0 Å². The molecule has 2 N–H and O–H groups in total. The summed E-state index contributed by atoms with van der Waals surface area (Å²) in [5.41, 5.74) is 0. The van der Waals surface area contributed by atoms with Gasteiger partial charge in [-0.15, -0.1) is 0 Å². The minimum Gasteiger partial charge on any atom is -0.394 e. The Balaban J connectivity index is 1.59. The molecule has 2 saturated heterocycles. The van der Waals surface area contributed by atoms with Crippen LogP contribution in [0.25, 0.3) is 0 Å². The fourth-order valence-corrected chi connectivity index (χ4v) is 3.99.